The molecule has 1 fully saturated rings. The molecule has 5 nitrogen and oxygen atoms in total. The molecule has 0 bridgehead atoms. The van der Waals surface area contributed by atoms with Crippen molar-refractivity contribution in [2.75, 3.05) is 27.3 Å². The van der Waals surface area contributed by atoms with Gasteiger partial charge in [-0.1, -0.05) is 18.2 Å². The summed E-state index contributed by atoms with van der Waals surface area (Å²) in [5, 5.41) is 3.11. The number of hydrogen-bond acceptors (Lipinski definition) is 4. The first-order valence-electron chi connectivity index (χ1n) is 10.1. The molecule has 1 amide bonds. The summed E-state index contributed by atoms with van der Waals surface area (Å²) >= 11 is 0. The van der Waals surface area contributed by atoms with Crippen molar-refractivity contribution in [1.82, 2.24) is 10.2 Å². The lowest BCUT2D eigenvalue weighted by Crippen LogP contribution is -2.42. The van der Waals surface area contributed by atoms with Crippen LogP contribution in [0.5, 0.6) is 11.5 Å². The summed E-state index contributed by atoms with van der Waals surface area (Å²) in [6, 6.07) is 10.8. The van der Waals surface area contributed by atoms with Crippen molar-refractivity contribution in [2.24, 2.45) is 5.92 Å². The first-order valence-corrected chi connectivity index (χ1v) is 10.1. The molecule has 4 rings (SSSR count). The Labute approximate surface area is 170 Å². The predicted octanol–water partition coefficient (Wildman–Crippen LogP) is 3.47. The van der Waals surface area contributed by atoms with Crippen LogP contribution in [-0.2, 0) is 17.8 Å². The molecule has 1 N–H and O–H groups in total. The second-order valence-corrected chi connectivity index (χ2v) is 7.75. The average molecular weight is 398 g/mol. The number of nitrogens with one attached hydrogen (secondary N) is 1. The molecular weight excluding hydrogens is 371 g/mol. The Kier molecular flexibility index (Phi) is 5.72. The van der Waals surface area contributed by atoms with Gasteiger partial charge in [-0.2, -0.15) is 0 Å². The number of carbonyl (C=O) groups is 1. The molecule has 1 aliphatic carbocycles. The summed E-state index contributed by atoms with van der Waals surface area (Å²) in [6.45, 7) is 1.76. The maximum atomic E-state index is 14.3. The molecule has 0 spiro atoms. The zero-order valence-corrected chi connectivity index (χ0v) is 16.9. The SMILES string of the molecule is COc1cc2c(cc1OC)C(CNC(=O)C1CC1)N(Cc1ccccc1F)CC2. The van der Waals surface area contributed by atoms with Gasteiger partial charge in [-0.05, 0) is 48.6 Å². The van der Waals surface area contributed by atoms with Crippen LogP contribution in [0.15, 0.2) is 36.4 Å². The molecule has 0 saturated heterocycles. The number of hydrogen-bond donors (Lipinski definition) is 1. The Balaban J connectivity index is 1.64. The van der Waals surface area contributed by atoms with Crippen LogP contribution in [0.4, 0.5) is 4.39 Å². The van der Waals surface area contributed by atoms with E-state index in [4.69, 9.17) is 9.47 Å². The van der Waals surface area contributed by atoms with E-state index in [1.807, 2.05) is 24.3 Å². The lowest BCUT2D eigenvalue weighted by atomic mass is 9.91. The zero-order valence-electron chi connectivity index (χ0n) is 16.9. The van der Waals surface area contributed by atoms with Crippen molar-refractivity contribution in [1.29, 1.82) is 0 Å². The minimum absolute atomic E-state index is 0.0548. The number of benzene rings is 2. The minimum Gasteiger partial charge on any atom is -0.493 e. The summed E-state index contributed by atoms with van der Waals surface area (Å²) < 4.78 is 25.2. The monoisotopic (exact) mass is 398 g/mol. The van der Waals surface area contributed by atoms with Gasteiger partial charge in [0.25, 0.3) is 0 Å². The van der Waals surface area contributed by atoms with E-state index in [2.05, 4.69) is 10.2 Å². The van der Waals surface area contributed by atoms with Gasteiger partial charge in [0, 0.05) is 31.1 Å². The number of methoxy groups -OCH3 is 2. The van der Waals surface area contributed by atoms with Crippen LogP contribution in [0.3, 0.4) is 0 Å². The van der Waals surface area contributed by atoms with Gasteiger partial charge in [0.15, 0.2) is 11.5 Å². The molecule has 0 radical (unpaired) electrons. The van der Waals surface area contributed by atoms with E-state index in [-0.39, 0.29) is 23.7 Å². The second-order valence-electron chi connectivity index (χ2n) is 7.75. The molecule has 1 unspecified atom stereocenters. The fourth-order valence-electron chi connectivity index (χ4n) is 4.04. The number of nitrogens with zero attached hydrogens (tertiary/aromatic N) is 1. The van der Waals surface area contributed by atoms with Crippen molar-refractivity contribution in [3.05, 3.63) is 58.9 Å². The molecule has 0 aromatic heterocycles. The van der Waals surface area contributed by atoms with Gasteiger partial charge in [-0.3, -0.25) is 9.69 Å². The topological polar surface area (TPSA) is 50.8 Å². The Hall–Kier alpha value is -2.60. The summed E-state index contributed by atoms with van der Waals surface area (Å²) in [7, 11) is 3.25. The minimum atomic E-state index is -0.202. The number of rotatable bonds is 7. The molecule has 2 aliphatic rings. The van der Waals surface area contributed by atoms with Gasteiger partial charge in [0.2, 0.25) is 5.91 Å². The summed E-state index contributed by atoms with van der Waals surface area (Å²) in [4.78, 5) is 14.5. The lowest BCUT2D eigenvalue weighted by Gasteiger charge is -2.38. The average Bonchev–Trinajstić information content (AvgIpc) is 3.58. The Morgan fingerprint density at radius 3 is 2.59 bits per heavy atom. The van der Waals surface area contributed by atoms with Crippen molar-refractivity contribution < 1.29 is 18.7 Å². The molecular formula is C23H27FN2O3. The number of fused-ring (bicyclic) bond motifs is 1. The Morgan fingerprint density at radius 1 is 1.17 bits per heavy atom. The molecule has 29 heavy (non-hydrogen) atoms. The zero-order chi connectivity index (χ0) is 20.4. The van der Waals surface area contributed by atoms with Crippen LogP contribution in [0, 0.1) is 11.7 Å². The van der Waals surface area contributed by atoms with E-state index >= 15 is 0 Å². The van der Waals surface area contributed by atoms with Crippen LogP contribution in [0.1, 0.15) is 35.6 Å². The van der Waals surface area contributed by atoms with Gasteiger partial charge < -0.3 is 14.8 Å². The number of halogens is 1. The Morgan fingerprint density at radius 2 is 1.90 bits per heavy atom. The van der Waals surface area contributed by atoms with Crippen LogP contribution in [0.2, 0.25) is 0 Å². The van der Waals surface area contributed by atoms with Crippen molar-refractivity contribution >= 4 is 5.91 Å². The van der Waals surface area contributed by atoms with Crippen molar-refractivity contribution in [3.63, 3.8) is 0 Å². The fraction of sp³-hybridized carbons (Fsp3) is 0.435. The molecule has 1 aliphatic heterocycles. The smallest absolute Gasteiger partial charge is 0.223 e. The van der Waals surface area contributed by atoms with Crippen LogP contribution < -0.4 is 14.8 Å². The molecule has 1 saturated carbocycles. The number of carbonyl (C=O) groups excluding carboxylic acids is 1. The van der Waals surface area contributed by atoms with Gasteiger partial charge in [-0.15, -0.1) is 0 Å². The number of amides is 1. The molecule has 1 heterocycles. The molecule has 6 heteroatoms. The van der Waals surface area contributed by atoms with E-state index in [9.17, 15) is 9.18 Å². The lowest BCUT2D eigenvalue weighted by molar-refractivity contribution is -0.122. The van der Waals surface area contributed by atoms with Gasteiger partial charge in [0.05, 0.1) is 20.3 Å². The van der Waals surface area contributed by atoms with Crippen LogP contribution in [0.25, 0.3) is 0 Å². The quantitative estimate of drug-likeness (QED) is 0.776. The summed E-state index contributed by atoms with van der Waals surface area (Å²) in [5.74, 6) is 1.44. The molecule has 1 atom stereocenters. The maximum Gasteiger partial charge on any atom is 0.223 e. The van der Waals surface area contributed by atoms with Crippen LogP contribution >= 0.6 is 0 Å². The van der Waals surface area contributed by atoms with Crippen molar-refractivity contribution in [3.8, 4) is 11.5 Å². The Bertz CT molecular complexity index is 898. The van der Waals surface area contributed by atoms with E-state index in [0.717, 1.165) is 31.4 Å². The van der Waals surface area contributed by atoms with E-state index in [0.29, 0.717) is 30.2 Å². The highest BCUT2D eigenvalue weighted by Gasteiger charge is 2.33. The first-order chi connectivity index (χ1) is 14.1. The number of ether oxygens (including phenoxy) is 2. The first kappa shape index (κ1) is 19.7. The highest BCUT2D eigenvalue weighted by Crippen LogP contribution is 2.39. The molecule has 154 valence electrons. The maximum absolute atomic E-state index is 14.3. The third kappa shape index (κ3) is 4.22. The van der Waals surface area contributed by atoms with Crippen molar-refractivity contribution in [2.45, 2.75) is 31.8 Å². The molecule has 2 aromatic carbocycles. The fourth-order valence-corrected chi connectivity index (χ4v) is 4.04. The van der Waals surface area contributed by atoms with Gasteiger partial charge >= 0.3 is 0 Å². The second kappa shape index (κ2) is 8.41. The standard InChI is InChI=1S/C23H27FN2O3/c1-28-21-11-16-9-10-26(14-17-5-3-4-6-19(17)24)20(18(16)12-22(21)29-2)13-25-23(27)15-7-8-15/h3-6,11-12,15,20H,7-10,13-14H2,1-2H3,(H,25,27). The van der Waals surface area contributed by atoms with Gasteiger partial charge in [0.1, 0.15) is 5.82 Å². The highest BCUT2D eigenvalue weighted by molar-refractivity contribution is 5.80. The molecule has 2 aromatic rings. The highest BCUT2D eigenvalue weighted by atomic mass is 19.1. The van der Waals surface area contributed by atoms with Gasteiger partial charge in [-0.25, -0.2) is 4.39 Å². The summed E-state index contributed by atoms with van der Waals surface area (Å²) in [5.41, 5.74) is 2.94. The largest absolute Gasteiger partial charge is 0.493 e. The van der Waals surface area contributed by atoms with E-state index < -0.39 is 0 Å². The van der Waals surface area contributed by atoms with E-state index in [1.54, 1.807) is 20.3 Å². The third-order valence-electron chi connectivity index (χ3n) is 5.86. The van der Waals surface area contributed by atoms with Crippen LogP contribution in [-0.4, -0.2) is 38.1 Å². The predicted molar refractivity (Wildman–Crippen MR) is 109 cm³/mol. The third-order valence-corrected chi connectivity index (χ3v) is 5.86. The van der Waals surface area contributed by atoms with E-state index in [1.165, 1.54) is 11.6 Å². The summed E-state index contributed by atoms with van der Waals surface area (Å²) in [6.07, 6.45) is 2.77. The normalized spacial score (nSPS) is 18.8.